The van der Waals surface area contributed by atoms with Crippen LogP contribution >= 0.6 is 0 Å². The number of fused-ring (bicyclic) bond motifs is 1. The Hall–Kier alpha value is -1.83. The Bertz CT molecular complexity index is 592. The highest BCUT2D eigenvalue weighted by Gasteiger charge is 2.37. The van der Waals surface area contributed by atoms with Gasteiger partial charge in [-0.15, -0.1) is 0 Å². The van der Waals surface area contributed by atoms with Crippen LogP contribution < -0.4 is 5.73 Å². The van der Waals surface area contributed by atoms with Gasteiger partial charge in [0, 0.05) is 0 Å². The van der Waals surface area contributed by atoms with E-state index >= 15 is 0 Å². The van der Waals surface area contributed by atoms with Gasteiger partial charge in [0.05, 0.1) is 5.41 Å². The second-order valence-corrected chi connectivity index (χ2v) is 5.47. The van der Waals surface area contributed by atoms with Crippen molar-refractivity contribution in [2.45, 2.75) is 44.9 Å². The highest BCUT2D eigenvalue weighted by Crippen LogP contribution is 2.38. The number of carbonyl (C=O) groups is 1. The maximum atomic E-state index is 12.3. The van der Waals surface area contributed by atoms with Crippen LogP contribution in [-0.2, 0) is 10.2 Å². The molecule has 0 spiro atoms. The fourth-order valence-corrected chi connectivity index (χ4v) is 3.27. The first-order chi connectivity index (χ1) is 9.65. The van der Waals surface area contributed by atoms with Crippen molar-refractivity contribution in [3.05, 3.63) is 48.0 Å². The van der Waals surface area contributed by atoms with Crippen LogP contribution in [0.1, 0.15) is 45.1 Å². The number of amides is 1. The van der Waals surface area contributed by atoms with E-state index in [1.165, 1.54) is 5.39 Å². The molecule has 0 aliphatic carbocycles. The van der Waals surface area contributed by atoms with Gasteiger partial charge in [-0.25, -0.2) is 0 Å². The molecule has 2 aromatic rings. The Labute approximate surface area is 121 Å². The topological polar surface area (TPSA) is 43.1 Å². The molecule has 0 atom stereocenters. The fraction of sp³-hybridized carbons (Fsp3) is 0.389. The van der Waals surface area contributed by atoms with E-state index in [-0.39, 0.29) is 5.91 Å². The number of rotatable bonds is 6. The molecule has 1 amide bonds. The van der Waals surface area contributed by atoms with Crippen molar-refractivity contribution in [3.63, 3.8) is 0 Å². The van der Waals surface area contributed by atoms with E-state index in [2.05, 4.69) is 38.1 Å². The first-order valence-electron chi connectivity index (χ1n) is 7.44. The number of primary amides is 1. The summed E-state index contributed by atoms with van der Waals surface area (Å²) in [7, 11) is 0. The maximum Gasteiger partial charge on any atom is 0.228 e. The normalized spacial score (nSPS) is 11.7. The zero-order chi connectivity index (χ0) is 14.6. The average molecular weight is 269 g/mol. The molecule has 106 valence electrons. The molecule has 0 aliphatic rings. The summed E-state index contributed by atoms with van der Waals surface area (Å²) in [5, 5.41) is 2.32. The quantitative estimate of drug-likeness (QED) is 0.840. The SMILES string of the molecule is CCCC(CCC)(C(N)=O)c1cccc2ccccc12. The average Bonchev–Trinajstić information content (AvgIpc) is 2.46. The summed E-state index contributed by atoms with van der Waals surface area (Å²) in [4.78, 5) is 12.3. The molecule has 0 bridgehead atoms. The number of hydrogen-bond acceptors (Lipinski definition) is 1. The van der Waals surface area contributed by atoms with Crippen LogP contribution in [0.2, 0.25) is 0 Å². The largest absolute Gasteiger partial charge is 0.369 e. The van der Waals surface area contributed by atoms with Gasteiger partial charge in [0.1, 0.15) is 0 Å². The van der Waals surface area contributed by atoms with Crippen LogP contribution in [-0.4, -0.2) is 5.91 Å². The van der Waals surface area contributed by atoms with Crippen LogP contribution in [0.4, 0.5) is 0 Å². The van der Waals surface area contributed by atoms with Crippen LogP contribution in [0, 0.1) is 0 Å². The third-order valence-corrected chi connectivity index (χ3v) is 4.13. The summed E-state index contributed by atoms with van der Waals surface area (Å²) in [5.41, 5.74) is 6.38. The van der Waals surface area contributed by atoms with Crippen molar-refractivity contribution in [2.75, 3.05) is 0 Å². The molecule has 0 radical (unpaired) electrons. The van der Waals surface area contributed by atoms with Crippen LogP contribution in [0.3, 0.4) is 0 Å². The maximum absolute atomic E-state index is 12.3. The second-order valence-electron chi connectivity index (χ2n) is 5.47. The lowest BCUT2D eigenvalue weighted by atomic mass is 9.71. The monoisotopic (exact) mass is 269 g/mol. The lowest BCUT2D eigenvalue weighted by Gasteiger charge is -2.32. The molecule has 2 rings (SSSR count). The van der Waals surface area contributed by atoms with Gasteiger partial charge in [-0.2, -0.15) is 0 Å². The molecule has 0 aromatic heterocycles. The molecule has 2 heteroatoms. The minimum atomic E-state index is -0.537. The smallest absolute Gasteiger partial charge is 0.228 e. The Morgan fingerprint density at radius 1 is 1.00 bits per heavy atom. The zero-order valence-electron chi connectivity index (χ0n) is 12.4. The van der Waals surface area contributed by atoms with Crippen molar-refractivity contribution in [2.24, 2.45) is 5.73 Å². The van der Waals surface area contributed by atoms with E-state index < -0.39 is 5.41 Å². The molecule has 2 N–H and O–H groups in total. The van der Waals surface area contributed by atoms with Crippen LogP contribution in [0.5, 0.6) is 0 Å². The van der Waals surface area contributed by atoms with Crippen molar-refractivity contribution in [3.8, 4) is 0 Å². The standard InChI is InChI=1S/C18H23NO/c1-3-12-18(13-4-2,17(19)20)16-11-7-9-14-8-5-6-10-15(14)16/h5-11H,3-4,12-13H2,1-2H3,(H2,19,20). The van der Waals surface area contributed by atoms with Crippen LogP contribution in [0.15, 0.2) is 42.5 Å². The molecule has 2 aromatic carbocycles. The van der Waals surface area contributed by atoms with Crippen molar-refractivity contribution in [1.82, 2.24) is 0 Å². The number of carbonyl (C=O) groups excluding carboxylic acids is 1. The Morgan fingerprint density at radius 3 is 2.20 bits per heavy atom. The van der Waals surface area contributed by atoms with E-state index in [1.807, 2.05) is 18.2 Å². The van der Waals surface area contributed by atoms with Crippen molar-refractivity contribution in [1.29, 1.82) is 0 Å². The summed E-state index contributed by atoms with van der Waals surface area (Å²) < 4.78 is 0. The molecule has 0 saturated heterocycles. The van der Waals surface area contributed by atoms with Gasteiger partial charge in [0.15, 0.2) is 0 Å². The van der Waals surface area contributed by atoms with Gasteiger partial charge in [0.2, 0.25) is 5.91 Å². The first kappa shape index (κ1) is 14.6. The zero-order valence-corrected chi connectivity index (χ0v) is 12.4. The number of benzene rings is 2. The molecule has 0 saturated carbocycles. The summed E-state index contributed by atoms with van der Waals surface area (Å²) in [6.45, 7) is 4.22. The van der Waals surface area contributed by atoms with Gasteiger partial charge < -0.3 is 5.73 Å². The van der Waals surface area contributed by atoms with Gasteiger partial charge in [-0.1, -0.05) is 69.2 Å². The molecule has 2 nitrogen and oxygen atoms in total. The third kappa shape index (κ3) is 2.43. The molecule has 20 heavy (non-hydrogen) atoms. The molecular formula is C18H23NO. The van der Waals surface area contributed by atoms with Crippen molar-refractivity contribution < 1.29 is 4.79 Å². The van der Waals surface area contributed by atoms with E-state index in [1.54, 1.807) is 0 Å². The molecule has 0 heterocycles. The summed E-state index contributed by atoms with van der Waals surface area (Å²) >= 11 is 0. The highest BCUT2D eigenvalue weighted by molar-refractivity contribution is 5.95. The van der Waals surface area contributed by atoms with Crippen molar-refractivity contribution >= 4 is 16.7 Å². The lowest BCUT2D eigenvalue weighted by Crippen LogP contribution is -2.41. The van der Waals surface area contributed by atoms with Gasteiger partial charge >= 0.3 is 0 Å². The Balaban J connectivity index is 2.70. The fourth-order valence-electron chi connectivity index (χ4n) is 3.27. The summed E-state index contributed by atoms with van der Waals surface area (Å²) in [6.07, 6.45) is 3.52. The summed E-state index contributed by atoms with van der Waals surface area (Å²) in [6, 6.07) is 14.4. The molecule has 0 unspecified atom stereocenters. The van der Waals surface area contributed by atoms with Gasteiger partial charge in [-0.3, -0.25) is 4.79 Å². The lowest BCUT2D eigenvalue weighted by molar-refractivity contribution is -0.124. The third-order valence-electron chi connectivity index (χ3n) is 4.13. The van der Waals surface area contributed by atoms with E-state index in [4.69, 9.17) is 5.73 Å². The Kier molecular flexibility index (Phi) is 4.43. The number of hydrogen-bond donors (Lipinski definition) is 1. The number of nitrogens with two attached hydrogens (primary N) is 1. The van der Waals surface area contributed by atoms with Gasteiger partial charge in [-0.05, 0) is 29.2 Å². The highest BCUT2D eigenvalue weighted by atomic mass is 16.1. The van der Waals surface area contributed by atoms with Gasteiger partial charge in [0.25, 0.3) is 0 Å². The van der Waals surface area contributed by atoms with Crippen LogP contribution in [0.25, 0.3) is 10.8 Å². The predicted molar refractivity (Wildman–Crippen MR) is 84.6 cm³/mol. The Morgan fingerprint density at radius 2 is 1.60 bits per heavy atom. The first-order valence-corrected chi connectivity index (χ1v) is 7.44. The molecule has 0 fully saturated rings. The predicted octanol–water partition coefficient (Wildman–Crippen LogP) is 4.16. The second kappa shape index (κ2) is 6.08. The minimum Gasteiger partial charge on any atom is -0.369 e. The van der Waals surface area contributed by atoms with E-state index in [0.717, 1.165) is 36.6 Å². The van der Waals surface area contributed by atoms with E-state index in [0.29, 0.717) is 0 Å². The minimum absolute atomic E-state index is 0.197. The van der Waals surface area contributed by atoms with E-state index in [9.17, 15) is 4.79 Å². The molecular weight excluding hydrogens is 246 g/mol. The molecule has 0 aliphatic heterocycles. The summed E-state index contributed by atoms with van der Waals surface area (Å²) in [5.74, 6) is -0.197.